The Morgan fingerprint density at radius 2 is 1.91 bits per heavy atom. The zero-order chi connectivity index (χ0) is 8.10. The van der Waals surface area contributed by atoms with Gasteiger partial charge in [0.1, 0.15) is 0 Å². The van der Waals surface area contributed by atoms with E-state index in [1.807, 2.05) is 0 Å². The largest absolute Gasteiger partial charge is 0.381 e. The average molecular weight is 156 g/mol. The van der Waals surface area contributed by atoms with Crippen LogP contribution in [-0.4, -0.2) is 13.2 Å². The van der Waals surface area contributed by atoms with Gasteiger partial charge in [0.2, 0.25) is 0 Å². The van der Waals surface area contributed by atoms with Gasteiger partial charge in [0.05, 0.1) is 0 Å². The second-order valence-electron chi connectivity index (χ2n) is 3.61. The molecule has 0 aromatic rings. The number of hydrogen-bond donors (Lipinski definition) is 0. The third kappa shape index (κ3) is 2.82. The molecule has 0 bridgehead atoms. The van der Waals surface area contributed by atoms with Gasteiger partial charge in [0.25, 0.3) is 0 Å². The Balaban J connectivity index is 2.09. The minimum absolute atomic E-state index is 0.875. The summed E-state index contributed by atoms with van der Waals surface area (Å²) < 4.78 is 5.41. The predicted molar refractivity (Wildman–Crippen MR) is 47.6 cm³/mol. The standard InChI is InChI=1S/C10H20O/c1-3-9-5-6-10(7-9)8-11-4-2/h9-10H,3-8H2,1-2H3. The third-order valence-corrected chi connectivity index (χ3v) is 2.78. The summed E-state index contributed by atoms with van der Waals surface area (Å²) in [6, 6.07) is 0. The van der Waals surface area contributed by atoms with E-state index in [4.69, 9.17) is 4.74 Å². The lowest BCUT2D eigenvalue weighted by Crippen LogP contribution is -2.05. The molecule has 1 aliphatic rings. The highest BCUT2D eigenvalue weighted by Crippen LogP contribution is 2.32. The average Bonchev–Trinajstić information content (AvgIpc) is 2.48. The molecule has 0 saturated heterocycles. The van der Waals surface area contributed by atoms with E-state index in [1.165, 1.54) is 25.7 Å². The van der Waals surface area contributed by atoms with Crippen LogP contribution in [0.2, 0.25) is 0 Å². The Labute approximate surface area is 70.1 Å². The van der Waals surface area contributed by atoms with Crippen molar-refractivity contribution in [2.45, 2.75) is 39.5 Å². The molecule has 0 aromatic heterocycles. The molecule has 2 atom stereocenters. The van der Waals surface area contributed by atoms with Crippen molar-refractivity contribution in [3.8, 4) is 0 Å². The molecule has 0 heterocycles. The second-order valence-corrected chi connectivity index (χ2v) is 3.61. The molecule has 0 N–H and O–H groups in total. The predicted octanol–water partition coefficient (Wildman–Crippen LogP) is 2.85. The van der Waals surface area contributed by atoms with E-state index in [1.54, 1.807) is 0 Å². The van der Waals surface area contributed by atoms with Crippen LogP contribution < -0.4 is 0 Å². The van der Waals surface area contributed by atoms with Gasteiger partial charge >= 0.3 is 0 Å². The van der Waals surface area contributed by atoms with Gasteiger partial charge in [-0.3, -0.25) is 0 Å². The minimum atomic E-state index is 0.875. The van der Waals surface area contributed by atoms with Crippen molar-refractivity contribution in [3.63, 3.8) is 0 Å². The highest BCUT2D eigenvalue weighted by Gasteiger charge is 2.22. The van der Waals surface area contributed by atoms with Crippen LogP contribution in [0.25, 0.3) is 0 Å². The lowest BCUT2D eigenvalue weighted by molar-refractivity contribution is 0.111. The van der Waals surface area contributed by atoms with Crippen molar-refractivity contribution >= 4 is 0 Å². The minimum Gasteiger partial charge on any atom is -0.381 e. The molecule has 1 nitrogen and oxygen atoms in total. The van der Waals surface area contributed by atoms with Crippen molar-refractivity contribution in [1.82, 2.24) is 0 Å². The quantitative estimate of drug-likeness (QED) is 0.608. The van der Waals surface area contributed by atoms with Gasteiger partial charge in [-0.15, -0.1) is 0 Å². The maximum absolute atomic E-state index is 5.41. The molecular formula is C10H20O. The molecule has 0 spiro atoms. The zero-order valence-corrected chi connectivity index (χ0v) is 7.81. The van der Waals surface area contributed by atoms with Crippen LogP contribution in [0.4, 0.5) is 0 Å². The van der Waals surface area contributed by atoms with Crippen LogP contribution in [0.15, 0.2) is 0 Å². The maximum atomic E-state index is 5.41. The molecule has 1 fully saturated rings. The van der Waals surface area contributed by atoms with E-state index in [2.05, 4.69) is 13.8 Å². The Morgan fingerprint density at radius 3 is 2.45 bits per heavy atom. The fourth-order valence-electron chi connectivity index (χ4n) is 1.99. The second kappa shape index (κ2) is 4.76. The summed E-state index contributed by atoms with van der Waals surface area (Å²) in [5.41, 5.74) is 0. The summed E-state index contributed by atoms with van der Waals surface area (Å²) in [7, 11) is 0. The van der Waals surface area contributed by atoms with Crippen LogP contribution in [0.1, 0.15) is 39.5 Å². The van der Waals surface area contributed by atoms with E-state index in [9.17, 15) is 0 Å². The molecular weight excluding hydrogens is 136 g/mol. The first-order valence-electron chi connectivity index (χ1n) is 4.94. The molecule has 0 aromatic carbocycles. The molecule has 0 amide bonds. The van der Waals surface area contributed by atoms with E-state index >= 15 is 0 Å². The van der Waals surface area contributed by atoms with E-state index in [0.29, 0.717) is 0 Å². The molecule has 1 heteroatoms. The maximum Gasteiger partial charge on any atom is 0.0494 e. The smallest absolute Gasteiger partial charge is 0.0494 e. The van der Waals surface area contributed by atoms with Gasteiger partial charge in [-0.1, -0.05) is 19.8 Å². The van der Waals surface area contributed by atoms with Crippen molar-refractivity contribution in [3.05, 3.63) is 0 Å². The molecule has 1 aliphatic carbocycles. The molecule has 1 saturated carbocycles. The molecule has 1 rings (SSSR count). The van der Waals surface area contributed by atoms with Crippen molar-refractivity contribution in [2.75, 3.05) is 13.2 Å². The van der Waals surface area contributed by atoms with Gasteiger partial charge in [-0.25, -0.2) is 0 Å². The summed E-state index contributed by atoms with van der Waals surface area (Å²) >= 11 is 0. The van der Waals surface area contributed by atoms with E-state index in [-0.39, 0.29) is 0 Å². The highest BCUT2D eigenvalue weighted by atomic mass is 16.5. The van der Waals surface area contributed by atoms with Gasteiger partial charge < -0.3 is 4.74 Å². The lowest BCUT2D eigenvalue weighted by atomic mass is 10.0. The summed E-state index contributed by atoms with van der Waals surface area (Å²) in [6.45, 7) is 6.26. The molecule has 11 heavy (non-hydrogen) atoms. The first-order chi connectivity index (χ1) is 5.36. The molecule has 0 aliphatic heterocycles. The van der Waals surface area contributed by atoms with Crippen LogP contribution in [0, 0.1) is 11.8 Å². The third-order valence-electron chi connectivity index (χ3n) is 2.78. The molecule has 66 valence electrons. The molecule has 2 unspecified atom stereocenters. The summed E-state index contributed by atoms with van der Waals surface area (Å²) in [5.74, 6) is 1.88. The normalized spacial score (nSPS) is 31.1. The number of ether oxygens (including phenoxy) is 1. The van der Waals surface area contributed by atoms with Crippen molar-refractivity contribution in [2.24, 2.45) is 11.8 Å². The summed E-state index contributed by atoms with van der Waals surface area (Å²) in [5, 5.41) is 0. The van der Waals surface area contributed by atoms with Gasteiger partial charge in [-0.2, -0.15) is 0 Å². The van der Waals surface area contributed by atoms with Crippen molar-refractivity contribution < 1.29 is 4.74 Å². The number of rotatable bonds is 4. The Bertz CT molecular complexity index is 101. The first kappa shape index (κ1) is 9.05. The topological polar surface area (TPSA) is 9.23 Å². The van der Waals surface area contributed by atoms with E-state index in [0.717, 1.165) is 25.0 Å². The first-order valence-corrected chi connectivity index (χ1v) is 4.94. The Hall–Kier alpha value is -0.0400. The van der Waals surface area contributed by atoms with Crippen molar-refractivity contribution in [1.29, 1.82) is 0 Å². The van der Waals surface area contributed by atoms with Gasteiger partial charge in [0, 0.05) is 13.2 Å². The fraction of sp³-hybridized carbons (Fsp3) is 1.00. The van der Waals surface area contributed by atoms with Crippen LogP contribution in [0.3, 0.4) is 0 Å². The Morgan fingerprint density at radius 1 is 1.18 bits per heavy atom. The SMILES string of the molecule is CCOCC1CCC(CC)C1. The monoisotopic (exact) mass is 156 g/mol. The lowest BCUT2D eigenvalue weighted by Gasteiger charge is -2.09. The molecule has 0 radical (unpaired) electrons. The van der Waals surface area contributed by atoms with Crippen LogP contribution in [-0.2, 0) is 4.74 Å². The van der Waals surface area contributed by atoms with Crippen LogP contribution in [0.5, 0.6) is 0 Å². The summed E-state index contributed by atoms with van der Waals surface area (Å²) in [4.78, 5) is 0. The number of hydrogen-bond acceptors (Lipinski definition) is 1. The highest BCUT2D eigenvalue weighted by molar-refractivity contribution is 4.74. The zero-order valence-electron chi connectivity index (χ0n) is 7.81. The van der Waals surface area contributed by atoms with E-state index < -0.39 is 0 Å². The van der Waals surface area contributed by atoms with Crippen LogP contribution >= 0.6 is 0 Å². The van der Waals surface area contributed by atoms with Gasteiger partial charge in [-0.05, 0) is 31.6 Å². The van der Waals surface area contributed by atoms with Gasteiger partial charge in [0.15, 0.2) is 0 Å². The summed E-state index contributed by atoms with van der Waals surface area (Å²) in [6.07, 6.45) is 5.62. The fourth-order valence-corrected chi connectivity index (χ4v) is 1.99. The Kier molecular flexibility index (Phi) is 3.92.